The minimum atomic E-state index is -5.88. The predicted molar refractivity (Wildman–Crippen MR) is 173 cm³/mol. The van der Waals surface area contributed by atoms with Gasteiger partial charge in [0.25, 0.3) is 30.4 Å². The van der Waals surface area contributed by atoms with Crippen LogP contribution in [-0.4, -0.2) is 89.2 Å². The van der Waals surface area contributed by atoms with Crippen molar-refractivity contribution in [3.8, 4) is 5.75 Å². The molecule has 22 nitrogen and oxygen atoms in total. The van der Waals surface area contributed by atoms with Gasteiger partial charge in [-0.15, -0.1) is 10.2 Å². The second-order valence-electron chi connectivity index (χ2n) is 9.34. The molecule has 0 unspecified atom stereocenters. The van der Waals surface area contributed by atoms with Crippen LogP contribution in [0.25, 0.3) is 10.8 Å². The number of nitrogens with zero attached hydrogens (tertiary/aromatic N) is 5. The summed E-state index contributed by atoms with van der Waals surface area (Å²) in [4.78, 5) is 11.9. The fourth-order valence-corrected chi connectivity index (χ4v) is 7.20. The molecule has 0 bridgehead atoms. The van der Waals surface area contributed by atoms with Crippen molar-refractivity contribution in [2.45, 2.75) is 19.6 Å². The van der Waals surface area contributed by atoms with Gasteiger partial charge in [-0.1, -0.05) is 0 Å². The van der Waals surface area contributed by atoms with Crippen molar-refractivity contribution >= 4 is 109 Å². The summed E-state index contributed by atoms with van der Waals surface area (Å²) in [6.07, 6.45) is 0. The molecule has 50 heavy (non-hydrogen) atoms. The molecule has 0 aliphatic rings. The molecule has 0 atom stereocenters. The number of anilines is 2. The summed E-state index contributed by atoms with van der Waals surface area (Å²) in [5, 5.41) is 18.5. The average Bonchev–Trinajstić information content (AvgIpc) is 2.93. The smallest absolute Gasteiger partial charge is 0.297 e. The van der Waals surface area contributed by atoms with E-state index in [0.717, 1.165) is 30.3 Å². The number of azo groups is 1. The van der Waals surface area contributed by atoms with Gasteiger partial charge in [0.2, 0.25) is 16.5 Å². The van der Waals surface area contributed by atoms with Gasteiger partial charge in [0.1, 0.15) is 26.1 Å². The quantitative estimate of drug-likeness (QED) is 0.0234. The zero-order valence-corrected chi connectivity index (χ0v) is 29.3. The van der Waals surface area contributed by atoms with Crippen LogP contribution in [0.1, 0.15) is 0 Å². The number of fused-ring (bicyclic) bond motifs is 1. The topological polar surface area (TPSA) is 355 Å². The van der Waals surface area contributed by atoms with Crippen LogP contribution in [-0.2, 0) is 49.5 Å². The molecule has 1 heterocycles. The Labute approximate surface area is 294 Å². The van der Waals surface area contributed by atoms with Crippen molar-refractivity contribution in [3.05, 3.63) is 47.0 Å². The lowest BCUT2D eigenvalue weighted by Crippen LogP contribution is -2.36. The maximum Gasteiger partial charge on any atom is 0.297 e. The van der Waals surface area contributed by atoms with Crippen LogP contribution in [0.3, 0.4) is 0 Å². The zero-order chi connectivity index (χ0) is 37.5. The Morgan fingerprint density at radius 3 is 2.00 bits per heavy atom. The number of phenolic OH excluding ortho intramolecular Hbond substituents is 1. The summed E-state index contributed by atoms with van der Waals surface area (Å²) in [5.74, 6) is -2.74. The van der Waals surface area contributed by atoms with Gasteiger partial charge in [0.05, 0.1) is 30.1 Å². The zero-order valence-electron chi connectivity index (χ0n) is 23.7. The maximum absolute atomic E-state index is 12.5. The molecular weight excluding hydrogens is 823 g/mol. The van der Waals surface area contributed by atoms with Crippen LogP contribution in [0.2, 0.25) is 10.6 Å². The Kier molecular flexibility index (Phi) is 11.1. The highest BCUT2D eigenvalue weighted by atomic mass is 35.5. The van der Waals surface area contributed by atoms with E-state index in [-0.39, 0.29) is 16.9 Å². The fourth-order valence-electron chi connectivity index (χ4n) is 3.78. The van der Waals surface area contributed by atoms with E-state index >= 15 is 0 Å². The first-order chi connectivity index (χ1) is 22.8. The van der Waals surface area contributed by atoms with Crippen molar-refractivity contribution < 1.29 is 71.1 Å². The lowest BCUT2D eigenvalue weighted by atomic mass is 10.1. The summed E-state index contributed by atoms with van der Waals surface area (Å²) >= 11 is 11.7. The first kappa shape index (κ1) is 39.5. The third-order valence-electron chi connectivity index (χ3n) is 5.72. The number of aromatic hydroxyl groups is 1. The van der Waals surface area contributed by atoms with E-state index in [1.54, 1.807) is 0 Å². The largest absolute Gasteiger partial charge is 0.505 e. The van der Waals surface area contributed by atoms with E-state index in [2.05, 4.69) is 39.7 Å². The molecule has 8 N–H and O–H groups in total. The highest BCUT2D eigenvalue weighted by Crippen LogP contribution is 2.45. The van der Waals surface area contributed by atoms with Crippen LogP contribution >= 0.6 is 35.2 Å². The first-order valence-electron chi connectivity index (χ1n) is 12.3. The molecule has 4 aromatic rings. The van der Waals surface area contributed by atoms with Crippen molar-refractivity contribution in [1.82, 2.24) is 15.0 Å². The van der Waals surface area contributed by atoms with Gasteiger partial charge in [0, 0.05) is 15.7 Å². The molecule has 3 aromatic carbocycles. The number of benzene rings is 3. The Hall–Kier alpha value is -3.26. The summed E-state index contributed by atoms with van der Waals surface area (Å²) in [6.45, 7) is -0.808. The number of hydrogen-bond acceptors (Lipinski definition) is 17. The fraction of sp³-hybridized carbons (Fsp3) is 0.0952. The molecule has 1 aromatic heterocycles. The molecule has 0 fully saturated rings. The van der Waals surface area contributed by atoms with E-state index in [1.165, 1.54) is 0 Å². The molecule has 272 valence electrons. The number of aromatic nitrogens is 3. The highest BCUT2D eigenvalue weighted by molar-refractivity contribution is 8.05. The molecule has 0 aliphatic carbocycles. The van der Waals surface area contributed by atoms with Crippen LogP contribution in [0, 0.1) is 0 Å². The molecule has 0 saturated heterocycles. The van der Waals surface area contributed by atoms with Crippen LogP contribution in [0.5, 0.6) is 5.75 Å². The molecule has 0 radical (unpaired) electrons. The lowest BCUT2D eigenvalue weighted by molar-refractivity contribution is -0.185. The van der Waals surface area contributed by atoms with Gasteiger partial charge < -0.3 is 10.4 Å². The number of hydrogen-bond donors (Lipinski definition) is 8. The summed E-state index contributed by atoms with van der Waals surface area (Å²) < 4.78 is 146. The minimum Gasteiger partial charge on any atom is -0.505 e. The minimum absolute atomic E-state index is 0.123. The summed E-state index contributed by atoms with van der Waals surface area (Å²) in [5.41, 5.74) is -2.24. The molecule has 0 aliphatic heterocycles. The van der Waals surface area contributed by atoms with Gasteiger partial charge in [-0.3, -0.25) is 27.3 Å². The van der Waals surface area contributed by atoms with E-state index in [9.17, 15) is 48.2 Å². The Balaban J connectivity index is 1.80. The summed E-state index contributed by atoms with van der Waals surface area (Å²) in [7, 11) is -21.7. The lowest BCUT2D eigenvalue weighted by Gasteiger charge is -2.21. The number of nitrogens with one attached hydrogen (secondary N) is 1. The van der Waals surface area contributed by atoms with Crippen LogP contribution < -0.4 is 5.32 Å². The average molecular weight is 842 g/mol. The van der Waals surface area contributed by atoms with Gasteiger partial charge in [-0.05, 0) is 59.6 Å². The SMILES string of the molecule is O=S(=O)(O)c1cc(SOOCCS(=O)(O)(O)O)ccc1N=Nc1c(S(=O)(=O)O)cc2c(S(=O)(=O)O)c(Nc3nc(Cl)nc(Cl)n3)ccc2c1O. The summed E-state index contributed by atoms with van der Waals surface area (Å²) in [6, 6.07) is 5.21. The second-order valence-corrected chi connectivity index (χ2v) is 17.3. The Morgan fingerprint density at radius 1 is 0.820 bits per heavy atom. The van der Waals surface area contributed by atoms with E-state index < -0.39 is 117 Å². The van der Waals surface area contributed by atoms with Crippen molar-refractivity contribution in [2.75, 3.05) is 17.7 Å². The van der Waals surface area contributed by atoms with Gasteiger partial charge in [-0.2, -0.15) is 44.5 Å². The van der Waals surface area contributed by atoms with Crippen molar-refractivity contribution in [1.29, 1.82) is 0 Å². The van der Waals surface area contributed by atoms with Gasteiger partial charge in [-0.25, -0.2) is 9.10 Å². The van der Waals surface area contributed by atoms with Crippen molar-refractivity contribution in [3.63, 3.8) is 0 Å². The standard InChI is InChI=1S/C21H18Cl2N6O16S5/c22-19-25-20(23)27-21(26-19)24-13-4-2-10-11(18(13)49(37,38)39)8-15(48(34,35)36)16(17(10)30)29-28-12-3-1-9(7-14(12)47(31,32)33)46-45-44-5-6-50(40,41,42)43/h1-4,7-8,30H,5-6H2,(H,31,32,33)(H,34,35,36)(H,37,38,39)(H,24,25,26,27)(H3,40,41,42,43). The molecule has 29 heteroatoms. The Morgan fingerprint density at radius 2 is 1.44 bits per heavy atom. The second kappa shape index (κ2) is 14.0. The first-order valence-corrected chi connectivity index (χ1v) is 20.1. The molecule has 0 saturated carbocycles. The number of phenols is 1. The number of rotatable bonds is 13. The van der Waals surface area contributed by atoms with Crippen LogP contribution in [0.15, 0.2) is 66.2 Å². The van der Waals surface area contributed by atoms with Gasteiger partial charge >= 0.3 is 0 Å². The van der Waals surface area contributed by atoms with E-state index in [4.69, 9.17) is 36.9 Å². The maximum atomic E-state index is 12.5. The predicted octanol–water partition coefficient (Wildman–Crippen LogP) is 4.13. The highest BCUT2D eigenvalue weighted by Gasteiger charge is 2.29. The van der Waals surface area contributed by atoms with Crippen molar-refractivity contribution in [2.24, 2.45) is 10.2 Å². The van der Waals surface area contributed by atoms with Crippen LogP contribution in [0.4, 0.5) is 23.0 Å². The monoisotopic (exact) mass is 840 g/mol. The van der Waals surface area contributed by atoms with E-state index in [0.29, 0.717) is 6.07 Å². The number of halogens is 2. The molecule has 0 amide bonds. The molecule has 0 spiro atoms. The van der Waals surface area contributed by atoms with Gasteiger partial charge in [0.15, 0.2) is 15.7 Å². The molecular formula is C21H18Cl2N6O16S5. The normalized spacial score (nSPS) is 13.8. The third kappa shape index (κ3) is 10.2. The Bertz CT molecular complexity index is 2430. The third-order valence-corrected chi connectivity index (χ3v) is 10.3. The van der Waals surface area contributed by atoms with E-state index in [1.807, 2.05) is 0 Å². The molecule has 4 rings (SSSR count).